The fraction of sp³-hybridized carbons (Fsp3) is 0.842. The molecule has 1 spiro atoms. The number of hydrogen-bond donors (Lipinski definition) is 2. The molecule has 4 bridgehead atoms. The van der Waals surface area contributed by atoms with Gasteiger partial charge in [0, 0.05) is 5.54 Å². The molecule has 6 nitrogen and oxygen atoms in total. The second-order valence-electron chi connectivity index (χ2n) is 9.36. The van der Waals surface area contributed by atoms with Crippen molar-refractivity contribution in [2.24, 2.45) is 17.8 Å². The SMILES string of the molecule is O=C(CN1C(=O)NC2(CCCC2)C1=O)NC12CC3CC(CC(C3)C1)C2. The minimum absolute atomic E-state index is 0.0733. The van der Waals surface area contributed by atoms with Crippen LogP contribution in [0.3, 0.4) is 0 Å². The standard InChI is InChI=1S/C19H27N3O3/c23-15(11-22-16(24)19(21-17(22)25)3-1-2-4-19)20-18-8-12-5-13(9-18)7-14(6-12)10-18/h12-14H,1-11H2,(H,20,23)(H,21,25). The summed E-state index contributed by atoms with van der Waals surface area (Å²) in [5.41, 5.74) is -0.797. The van der Waals surface area contributed by atoms with E-state index in [2.05, 4.69) is 10.6 Å². The number of nitrogens with zero attached hydrogens (tertiary/aromatic N) is 1. The van der Waals surface area contributed by atoms with Crippen LogP contribution in [0.5, 0.6) is 0 Å². The van der Waals surface area contributed by atoms with E-state index in [-0.39, 0.29) is 23.9 Å². The summed E-state index contributed by atoms with van der Waals surface area (Å²) in [5, 5.41) is 6.11. The third-order valence-electron chi connectivity index (χ3n) is 7.45. The van der Waals surface area contributed by atoms with Crippen LogP contribution < -0.4 is 10.6 Å². The number of nitrogens with one attached hydrogen (secondary N) is 2. The van der Waals surface area contributed by atoms with Crippen LogP contribution in [0, 0.1) is 17.8 Å². The highest BCUT2D eigenvalue weighted by atomic mass is 16.2. The van der Waals surface area contributed by atoms with Crippen molar-refractivity contribution in [2.75, 3.05) is 6.54 Å². The molecule has 4 amide bonds. The van der Waals surface area contributed by atoms with Crippen LogP contribution in [0.2, 0.25) is 0 Å². The molecule has 0 unspecified atom stereocenters. The highest BCUT2D eigenvalue weighted by molar-refractivity contribution is 6.09. The fourth-order valence-electron chi connectivity index (χ4n) is 6.88. The number of carbonyl (C=O) groups excluding carboxylic acids is 3. The summed E-state index contributed by atoms with van der Waals surface area (Å²) in [6.45, 7) is -0.131. The molecule has 2 N–H and O–H groups in total. The van der Waals surface area contributed by atoms with E-state index in [1.807, 2.05) is 0 Å². The van der Waals surface area contributed by atoms with E-state index in [0.29, 0.717) is 12.8 Å². The number of amides is 4. The predicted octanol–water partition coefficient (Wildman–Crippen LogP) is 1.94. The van der Waals surface area contributed by atoms with E-state index >= 15 is 0 Å². The van der Waals surface area contributed by atoms with Crippen molar-refractivity contribution < 1.29 is 14.4 Å². The molecule has 6 aliphatic rings. The van der Waals surface area contributed by atoms with Gasteiger partial charge in [-0.1, -0.05) is 12.8 Å². The smallest absolute Gasteiger partial charge is 0.325 e. The maximum Gasteiger partial charge on any atom is 0.325 e. The van der Waals surface area contributed by atoms with Gasteiger partial charge in [0.15, 0.2) is 0 Å². The molecular formula is C19H27N3O3. The van der Waals surface area contributed by atoms with Gasteiger partial charge in [-0.05, 0) is 69.1 Å². The summed E-state index contributed by atoms with van der Waals surface area (Å²) in [6, 6.07) is -0.396. The average Bonchev–Trinajstić information content (AvgIpc) is 3.07. The summed E-state index contributed by atoms with van der Waals surface area (Å²) in [7, 11) is 0. The molecule has 0 aromatic rings. The summed E-state index contributed by atoms with van der Waals surface area (Å²) < 4.78 is 0. The number of carbonyl (C=O) groups is 3. The van der Waals surface area contributed by atoms with Gasteiger partial charge in [0.1, 0.15) is 12.1 Å². The molecule has 136 valence electrons. The maximum absolute atomic E-state index is 12.7. The van der Waals surface area contributed by atoms with Crippen LogP contribution in [0.25, 0.3) is 0 Å². The van der Waals surface area contributed by atoms with Gasteiger partial charge in [-0.25, -0.2) is 4.79 Å². The molecule has 25 heavy (non-hydrogen) atoms. The first-order chi connectivity index (χ1) is 12.0. The minimum atomic E-state index is -0.724. The summed E-state index contributed by atoms with van der Waals surface area (Å²) in [6.07, 6.45) is 10.5. The van der Waals surface area contributed by atoms with E-state index in [9.17, 15) is 14.4 Å². The summed E-state index contributed by atoms with van der Waals surface area (Å²) >= 11 is 0. The zero-order valence-electron chi connectivity index (χ0n) is 14.7. The largest absolute Gasteiger partial charge is 0.349 e. The Morgan fingerprint density at radius 2 is 1.60 bits per heavy atom. The van der Waals surface area contributed by atoms with Crippen molar-refractivity contribution in [3.8, 4) is 0 Å². The Balaban J connectivity index is 1.27. The first-order valence-electron chi connectivity index (χ1n) is 9.92. The lowest BCUT2D eigenvalue weighted by molar-refractivity contribution is -0.136. The highest BCUT2D eigenvalue weighted by Crippen LogP contribution is 2.55. The lowest BCUT2D eigenvalue weighted by Gasteiger charge is -2.56. The predicted molar refractivity (Wildman–Crippen MR) is 90.5 cm³/mol. The van der Waals surface area contributed by atoms with E-state index in [1.54, 1.807) is 0 Å². The van der Waals surface area contributed by atoms with Crippen LogP contribution >= 0.6 is 0 Å². The van der Waals surface area contributed by atoms with E-state index < -0.39 is 11.6 Å². The number of hydrogen-bond acceptors (Lipinski definition) is 3. The van der Waals surface area contributed by atoms with Crippen molar-refractivity contribution in [3.63, 3.8) is 0 Å². The Morgan fingerprint density at radius 1 is 1.04 bits per heavy atom. The van der Waals surface area contributed by atoms with Crippen molar-refractivity contribution in [1.82, 2.24) is 15.5 Å². The second-order valence-corrected chi connectivity index (χ2v) is 9.36. The monoisotopic (exact) mass is 345 g/mol. The van der Waals surface area contributed by atoms with E-state index in [1.165, 1.54) is 19.3 Å². The van der Waals surface area contributed by atoms with Gasteiger partial charge in [-0.15, -0.1) is 0 Å². The van der Waals surface area contributed by atoms with Gasteiger partial charge in [0.05, 0.1) is 0 Å². The molecule has 0 aromatic carbocycles. The van der Waals surface area contributed by atoms with Crippen LogP contribution in [0.1, 0.15) is 64.2 Å². The van der Waals surface area contributed by atoms with Gasteiger partial charge in [-0.3, -0.25) is 14.5 Å². The van der Waals surface area contributed by atoms with Gasteiger partial charge in [-0.2, -0.15) is 0 Å². The van der Waals surface area contributed by atoms with Gasteiger partial charge < -0.3 is 10.6 Å². The Hall–Kier alpha value is -1.59. The van der Waals surface area contributed by atoms with Crippen LogP contribution in [0.15, 0.2) is 0 Å². The third kappa shape index (κ3) is 2.40. The van der Waals surface area contributed by atoms with E-state index in [0.717, 1.165) is 54.8 Å². The highest BCUT2D eigenvalue weighted by Gasteiger charge is 2.54. The zero-order valence-corrected chi connectivity index (χ0v) is 14.7. The molecule has 6 rings (SSSR count). The Kier molecular flexibility index (Phi) is 3.26. The molecular weight excluding hydrogens is 318 g/mol. The molecule has 0 radical (unpaired) electrons. The topological polar surface area (TPSA) is 78.5 Å². The first kappa shape index (κ1) is 15.6. The summed E-state index contributed by atoms with van der Waals surface area (Å²) in [4.78, 5) is 38.8. The lowest BCUT2D eigenvalue weighted by atomic mass is 9.53. The van der Waals surface area contributed by atoms with Gasteiger partial charge in [0.2, 0.25) is 5.91 Å². The Bertz CT molecular complexity index is 603. The third-order valence-corrected chi connectivity index (χ3v) is 7.45. The Labute approximate surface area is 148 Å². The summed E-state index contributed by atoms with van der Waals surface area (Å²) in [5.74, 6) is 1.90. The van der Waals surface area contributed by atoms with Gasteiger partial charge in [0.25, 0.3) is 5.91 Å². The molecule has 6 heteroatoms. The normalized spacial score (nSPS) is 40.8. The molecule has 1 heterocycles. The fourth-order valence-corrected chi connectivity index (χ4v) is 6.88. The first-order valence-corrected chi connectivity index (χ1v) is 9.92. The van der Waals surface area contributed by atoms with Crippen LogP contribution in [0.4, 0.5) is 4.79 Å². The van der Waals surface area contributed by atoms with Crippen molar-refractivity contribution in [2.45, 2.75) is 75.3 Å². The molecule has 1 aliphatic heterocycles. The van der Waals surface area contributed by atoms with Gasteiger partial charge >= 0.3 is 6.03 Å². The molecule has 5 aliphatic carbocycles. The molecule has 0 atom stereocenters. The second kappa shape index (κ2) is 5.21. The molecule has 5 saturated carbocycles. The lowest BCUT2D eigenvalue weighted by Crippen LogP contribution is -2.61. The number of rotatable bonds is 3. The minimum Gasteiger partial charge on any atom is -0.349 e. The van der Waals surface area contributed by atoms with Crippen molar-refractivity contribution >= 4 is 17.8 Å². The average molecular weight is 345 g/mol. The number of imide groups is 1. The van der Waals surface area contributed by atoms with Crippen LogP contribution in [-0.4, -0.2) is 40.4 Å². The molecule has 1 saturated heterocycles. The molecule has 6 fully saturated rings. The van der Waals surface area contributed by atoms with E-state index in [4.69, 9.17) is 0 Å². The quantitative estimate of drug-likeness (QED) is 0.767. The zero-order chi connectivity index (χ0) is 17.2. The van der Waals surface area contributed by atoms with Crippen molar-refractivity contribution in [3.05, 3.63) is 0 Å². The van der Waals surface area contributed by atoms with Crippen LogP contribution in [-0.2, 0) is 9.59 Å². The maximum atomic E-state index is 12.7. The molecule has 0 aromatic heterocycles. The number of urea groups is 1. The Morgan fingerprint density at radius 3 is 2.16 bits per heavy atom. The van der Waals surface area contributed by atoms with Crippen molar-refractivity contribution in [1.29, 1.82) is 0 Å².